The largest absolute Gasteiger partial charge is 0.465 e. The van der Waals surface area contributed by atoms with Crippen molar-refractivity contribution in [2.24, 2.45) is 5.92 Å². The van der Waals surface area contributed by atoms with Crippen LogP contribution in [0.2, 0.25) is 0 Å². The van der Waals surface area contributed by atoms with Gasteiger partial charge >= 0.3 is 13.6 Å². The van der Waals surface area contributed by atoms with Gasteiger partial charge in [0, 0.05) is 16.0 Å². The van der Waals surface area contributed by atoms with Gasteiger partial charge < -0.3 is 13.8 Å². The van der Waals surface area contributed by atoms with Crippen LogP contribution in [-0.2, 0) is 23.1 Å². The first-order valence-corrected chi connectivity index (χ1v) is 10.6. The van der Waals surface area contributed by atoms with E-state index in [4.69, 9.17) is 13.8 Å². The molecule has 1 rings (SSSR count). The first-order chi connectivity index (χ1) is 11.8. The Morgan fingerprint density at radius 1 is 1.04 bits per heavy atom. The van der Waals surface area contributed by atoms with Crippen LogP contribution in [-0.4, -0.2) is 37.2 Å². The lowest BCUT2D eigenvalue weighted by Crippen LogP contribution is -2.36. The maximum atomic E-state index is 13.2. The summed E-state index contributed by atoms with van der Waals surface area (Å²) < 4.78 is 29.6. The summed E-state index contributed by atoms with van der Waals surface area (Å²) in [5.74, 6) is -2.01. The van der Waals surface area contributed by atoms with E-state index < -0.39 is 25.1 Å². The molecule has 1 aromatic rings. The molecule has 0 unspecified atom stereocenters. The van der Waals surface area contributed by atoms with Gasteiger partial charge in [-0.25, -0.2) is 0 Å². The number of carbonyl (C=O) groups excluding carboxylic acids is 2. The number of hydrogen-bond donors (Lipinski definition) is 0. The standard InChI is InChI=1S/C17H24BrO6P/c1-5-22-17(20)16(25(21,23-6-2)24-7-3)12(4)15(19)13-8-10-14(18)11-9-13/h8-12,16H,5-7H2,1-4H3/t12-,16-/m0/s1. The summed E-state index contributed by atoms with van der Waals surface area (Å²) in [5, 5.41) is 0. The van der Waals surface area contributed by atoms with E-state index in [1.54, 1.807) is 45.0 Å². The van der Waals surface area contributed by atoms with Crippen molar-refractivity contribution in [3.8, 4) is 0 Å². The molecule has 8 heteroatoms. The lowest BCUT2D eigenvalue weighted by Gasteiger charge is -2.28. The molecule has 0 saturated carbocycles. The van der Waals surface area contributed by atoms with Gasteiger partial charge in [0.1, 0.15) is 0 Å². The molecule has 0 heterocycles. The Morgan fingerprint density at radius 3 is 2.00 bits per heavy atom. The Labute approximate surface area is 156 Å². The van der Waals surface area contributed by atoms with E-state index in [-0.39, 0.29) is 25.6 Å². The van der Waals surface area contributed by atoms with Gasteiger partial charge in [0.15, 0.2) is 11.4 Å². The van der Waals surface area contributed by atoms with E-state index in [9.17, 15) is 14.2 Å². The average Bonchev–Trinajstić information content (AvgIpc) is 2.55. The highest BCUT2D eigenvalue weighted by molar-refractivity contribution is 9.10. The highest BCUT2D eigenvalue weighted by atomic mass is 79.9. The number of Topliss-reactive ketones (excluding diaryl/α,β-unsaturated/α-hetero) is 1. The molecule has 25 heavy (non-hydrogen) atoms. The summed E-state index contributed by atoms with van der Waals surface area (Å²) >= 11 is 3.31. The minimum atomic E-state index is -3.86. The summed E-state index contributed by atoms with van der Waals surface area (Å²) in [4.78, 5) is 25.3. The number of rotatable bonds is 10. The van der Waals surface area contributed by atoms with Crippen LogP contribution in [0.1, 0.15) is 38.1 Å². The molecule has 6 nitrogen and oxygen atoms in total. The second-order valence-corrected chi connectivity index (χ2v) is 8.30. The van der Waals surface area contributed by atoms with Crippen molar-refractivity contribution in [1.82, 2.24) is 0 Å². The fourth-order valence-corrected chi connectivity index (χ4v) is 4.81. The molecular formula is C17H24BrO6P. The van der Waals surface area contributed by atoms with Crippen molar-refractivity contribution in [2.75, 3.05) is 19.8 Å². The Hall–Kier alpha value is -1.01. The van der Waals surface area contributed by atoms with Crippen LogP contribution in [0.4, 0.5) is 0 Å². The number of halogens is 1. The van der Waals surface area contributed by atoms with Crippen molar-refractivity contribution >= 4 is 35.3 Å². The molecule has 0 spiro atoms. The van der Waals surface area contributed by atoms with Crippen LogP contribution < -0.4 is 0 Å². The fourth-order valence-electron chi connectivity index (χ4n) is 2.41. The molecule has 140 valence electrons. The number of hydrogen-bond acceptors (Lipinski definition) is 6. The average molecular weight is 435 g/mol. The monoisotopic (exact) mass is 434 g/mol. The Balaban J connectivity index is 3.25. The maximum Gasteiger partial charge on any atom is 0.345 e. The summed E-state index contributed by atoms with van der Waals surface area (Å²) in [6.07, 6.45) is 0. The lowest BCUT2D eigenvalue weighted by molar-refractivity contribution is -0.143. The molecule has 0 saturated heterocycles. The van der Waals surface area contributed by atoms with E-state index >= 15 is 0 Å². The first-order valence-electron chi connectivity index (χ1n) is 8.15. The first kappa shape index (κ1) is 22.0. The third kappa shape index (κ3) is 5.74. The number of esters is 1. The van der Waals surface area contributed by atoms with Gasteiger partial charge in [-0.3, -0.25) is 14.2 Å². The minimum Gasteiger partial charge on any atom is -0.465 e. The predicted octanol–water partition coefficient (Wildman–Crippen LogP) is 4.47. The van der Waals surface area contributed by atoms with Crippen LogP contribution in [0.5, 0.6) is 0 Å². The molecular weight excluding hydrogens is 411 g/mol. The quantitative estimate of drug-likeness (QED) is 0.307. The third-order valence-corrected chi connectivity index (χ3v) is 6.61. The van der Waals surface area contributed by atoms with Crippen molar-refractivity contribution in [2.45, 2.75) is 33.4 Å². The van der Waals surface area contributed by atoms with E-state index in [2.05, 4.69) is 15.9 Å². The van der Waals surface area contributed by atoms with Crippen LogP contribution in [0.25, 0.3) is 0 Å². The molecule has 0 aliphatic carbocycles. The van der Waals surface area contributed by atoms with Crippen LogP contribution >= 0.6 is 23.5 Å². The summed E-state index contributed by atoms with van der Waals surface area (Å²) in [6.45, 7) is 6.76. The smallest absolute Gasteiger partial charge is 0.345 e. The zero-order valence-electron chi connectivity index (χ0n) is 14.9. The van der Waals surface area contributed by atoms with Gasteiger partial charge in [0.25, 0.3) is 0 Å². The van der Waals surface area contributed by atoms with Gasteiger partial charge in [-0.2, -0.15) is 0 Å². The van der Waals surface area contributed by atoms with Gasteiger partial charge in [0.2, 0.25) is 0 Å². The third-order valence-electron chi connectivity index (χ3n) is 3.50. The van der Waals surface area contributed by atoms with Crippen molar-refractivity contribution in [1.29, 1.82) is 0 Å². The second-order valence-electron chi connectivity index (χ2n) is 5.23. The van der Waals surface area contributed by atoms with Crippen molar-refractivity contribution < 1.29 is 27.9 Å². The second kappa shape index (κ2) is 10.2. The topological polar surface area (TPSA) is 78.9 Å². The number of ether oxygens (including phenoxy) is 1. The van der Waals surface area contributed by atoms with Crippen molar-refractivity contribution in [3.63, 3.8) is 0 Å². The van der Waals surface area contributed by atoms with E-state index in [0.29, 0.717) is 5.56 Å². The van der Waals surface area contributed by atoms with E-state index in [0.717, 1.165) is 4.47 Å². The number of carbonyl (C=O) groups is 2. The molecule has 0 radical (unpaired) electrons. The zero-order chi connectivity index (χ0) is 19.0. The van der Waals surface area contributed by atoms with Gasteiger partial charge in [-0.1, -0.05) is 35.0 Å². The fraction of sp³-hybridized carbons (Fsp3) is 0.529. The molecule has 2 atom stereocenters. The van der Waals surface area contributed by atoms with Gasteiger partial charge in [-0.05, 0) is 32.9 Å². The molecule has 0 fully saturated rings. The highest BCUT2D eigenvalue weighted by Gasteiger charge is 2.48. The minimum absolute atomic E-state index is 0.0897. The molecule has 0 aliphatic rings. The van der Waals surface area contributed by atoms with Crippen LogP contribution in [0, 0.1) is 5.92 Å². The molecule has 0 amide bonds. The number of benzene rings is 1. The predicted molar refractivity (Wildman–Crippen MR) is 98.9 cm³/mol. The Bertz CT molecular complexity index is 621. The van der Waals surface area contributed by atoms with Gasteiger partial charge in [0.05, 0.1) is 19.8 Å². The summed E-state index contributed by atoms with van der Waals surface area (Å²) in [7, 11) is -3.86. The Kier molecular flexibility index (Phi) is 9.00. The van der Waals surface area contributed by atoms with Crippen molar-refractivity contribution in [3.05, 3.63) is 34.3 Å². The number of ketones is 1. The highest BCUT2D eigenvalue weighted by Crippen LogP contribution is 2.56. The summed E-state index contributed by atoms with van der Waals surface area (Å²) in [5.41, 5.74) is -0.909. The van der Waals surface area contributed by atoms with E-state index in [1.807, 2.05) is 0 Å². The van der Waals surface area contributed by atoms with Crippen LogP contribution in [0.15, 0.2) is 28.7 Å². The molecule has 0 N–H and O–H groups in total. The molecule has 1 aromatic carbocycles. The van der Waals surface area contributed by atoms with Crippen LogP contribution in [0.3, 0.4) is 0 Å². The maximum absolute atomic E-state index is 13.2. The zero-order valence-corrected chi connectivity index (χ0v) is 17.3. The van der Waals surface area contributed by atoms with Gasteiger partial charge in [-0.15, -0.1) is 0 Å². The lowest BCUT2D eigenvalue weighted by atomic mass is 9.96. The normalized spacial score (nSPS) is 14.0. The molecule has 0 aliphatic heterocycles. The van der Waals surface area contributed by atoms with E-state index in [1.165, 1.54) is 6.92 Å². The Morgan fingerprint density at radius 2 is 1.56 bits per heavy atom. The SMILES string of the molecule is CCOC(=O)[C@H]([C@@H](C)C(=O)c1ccc(Br)cc1)P(=O)(OCC)OCC. The summed E-state index contributed by atoms with van der Waals surface area (Å²) in [6, 6.07) is 6.73. The molecule has 0 bridgehead atoms. The molecule has 0 aromatic heterocycles.